The lowest BCUT2D eigenvalue weighted by atomic mass is 9.90. The molecule has 1 heterocycles. The molecule has 2 rings (SSSR count). The van der Waals surface area contributed by atoms with Crippen molar-refractivity contribution in [3.8, 4) is 0 Å². The first-order chi connectivity index (χ1) is 10.4. The van der Waals surface area contributed by atoms with Gasteiger partial charge in [-0.25, -0.2) is 0 Å². The van der Waals surface area contributed by atoms with Crippen molar-refractivity contribution in [2.45, 2.75) is 31.9 Å². The van der Waals surface area contributed by atoms with Crippen molar-refractivity contribution in [3.05, 3.63) is 29.8 Å². The molecule has 1 aromatic rings. The third-order valence-corrected chi connectivity index (χ3v) is 4.20. The van der Waals surface area contributed by atoms with Crippen LogP contribution >= 0.6 is 0 Å². The van der Waals surface area contributed by atoms with Gasteiger partial charge in [0.1, 0.15) is 6.04 Å². The number of fused-ring (bicyclic) bond motifs is 1. The third-order valence-electron chi connectivity index (χ3n) is 4.20. The summed E-state index contributed by atoms with van der Waals surface area (Å²) in [6.45, 7) is 1.97. The van der Waals surface area contributed by atoms with E-state index in [1.807, 2.05) is 25.1 Å². The highest BCUT2D eigenvalue weighted by Crippen LogP contribution is 2.29. The average Bonchev–Trinajstić information content (AvgIpc) is 2.88. The predicted octanol–water partition coefficient (Wildman–Crippen LogP) is 1.38. The van der Waals surface area contributed by atoms with Crippen molar-refractivity contribution in [1.82, 2.24) is 10.2 Å². The van der Waals surface area contributed by atoms with Crippen LogP contribution in [0.5, 0.6) is 0 Å². The fraction of sp³-hybridized carbons (Fsp3) is 0.529. The van der Waals surface area contributed by atoms with Gasteiger partial charge in [0.2, 0.25) is 5.91 Å². The van der Waals surface area contributed by atoms with Gasteiger partial charge in [-0.2, -0.15) is 0 Å². The van der Waals surface area contributed by atoms with Crippen LogP contribution in [0.15, 0.2) is 29.3 Å². The number of aliphatic imine (C=N–C) groups is 1. The molecule has 0 aromatic heterocycles. The summed E-state index contributed by atoms with van der Waals surface area (Å²) in [6.07, 6.45) is 0.790. The smallest absolute Gasteiger partial charge is 0.239 e. The molecule has 0 spiro atoms. The van der Waals surface area contributed by atoms with Crippen LogP contribution < -0.4 is 5.32 Å². The summed E-state index contributed by atoms with van der Waals surface area (Å²) in [4.78, 5) is 18.4. The highest BCUT2D eigenvalue weighted by atomic mass is 16.3. The first kappa shape index (κ1) is 16.6. The van der Waals surface area contributed by atoms with Crippen LogP contribution in [-0.2, 0) is 11.2 Å². The number of hydrogen-bond donors (Lipinski definition) is 2. The van der Waals surface area contributed by atoms with Gasteiger partial charge in [-0.1, -0.05) is 25.1 Å². The average molecular weight is 303 g/mol. The van der Waals surface area contributed by atoms with Gasteiger partial charge >= 0.3 is 0 Å². The molecular weight excluding hydrogens is 278 g/mol. The van der Waals surface area contributed by atoms with Crippen LogP contribution in [0.2, 0.25) is 0 Å². The number of para-hydroxylation sites is 1. The monoisotopic (exact) mass is 303 g/mol. The van der Waals surface area contributed by atoms with Crippen molar-refractivity contribution in [2.75, 3.05) is 21.1 Å². The van der Waals surface area contributed by atoms with Crippen LogP contribution in [0.4, 0.5) is 5.69 Å². The van der Waals surface area contributed by atoms with Gasteiger partial charge in [-0.3, -0.25) is 14.7 Å². The number of hydrogen-bond acceptors (Lipinski definition) is 4. The molecule has 5 heteroatoms. The lowest BCUT2D eigenvalue weighted by molar-refractivity contribution is -0.130. The predicted molar refractivity (Wildman–Crippen MR) is 88.6 cm³/mol. The molecule has 2 N–H and O–H groups in total. The van der Waals surface area contributed by atoms with Gasteiger partial charge in [0.15, 0.2) is 0 Å². The van der Waals surface area contributed by atoms with Gasteiger partial charge in [0, 0.05) is 19.2 Å². The van der Waals surface area contributed by atoms with Crippen molar-refractivity contribution in [3.63, 3.8) is 0 Å². The molecule has 120 valence electrons. The summed E-state index contributed by atoms with van der Waals surface area (Å²) in [5, 5.41) is 13.2. The van der Waals surface area contributed by atoms with E-state index in [-0.39, 0.29) is 11.8 Å². The largest absolute Gasteiger partial charge is 0.391 e. The molecule has 0 bridgehead atoms. The van der Waals surface area contributed by atoms with Crippen molar-refractivity contribution in [1.29, 1.82) is 0 Å². The number of carbonyl (C=O) groups is 1. The number of nitrogens with zero attached hydrogens (tertiary/aromatic N) is 2. The maximum atomic E-state index is 12.0. The minimum absolute atomic E-state index is 0.0437. The number of aliphatic hydroxyl groups excluding tert-OH is 1. The Morgan fingerprint density at radius 1 is 1.41 bits per heavy atom. The van der Waals surface area contributed by atoms with Crippen molar-refractivity contribution >= 4 is 17.3 Å². The third kappa shape index (κ3) is 3.54. The topological polar surface area (TPSA) is 64.9 Å². The Hall–Kier alpha value is -1.72. The fourth-order valence-corrected chi connectivity index (χ4v) is 2.96. The van der Waals surface area contributed by atoms with E-state index >= 15 is 0 Å². The number of likely N-dealkylation sites (N-methyl/N-ethyl adjacent to an activating group) is 2. The SMILES string of the molecule is CNC(=O)[C@@H]([C@H](O)[C@H](C)CC1=Nc2ccccc2C1)N(C)C. The molecule has 0 unspecified atom stereocenters. The Labute approximate surface area is 132 Å². The molecule has 0 radical (unpaired) electrons. The second-order valence-electron chi connectivity index (χ2n) is 6.18. The Morgan fingerprint density at radius 2 is 2.09 bits per heavy atom. The quantitative estimate of drug-likeness (QED) is 0.834. The summed E-state index contributed by atoms with van der Waals surface area (Å²) in [7, 11) is 5.20. The van der Waals surface area contributed by atoms with Gasteiger partial charge in [0.05, 0.1) is 11.8 Å². The lowest BCUT2D eigenvalue weighted by Gasteiger charge is -2.31. The molecule has 1 amide bonds. The van der Waals surface area contributed by atoms with Gasteiger partial charge < -0.3 is 10.4 Å². The second-order valence-corrected chi connectivity index (χ2v) is 6.18. The first-order valence-electron chi connectivity index (χ1n) is 7.64. The number of rotatable bonds is 6. The van der Waals surface area contributed by atoms with Crippen LogP contribution in [0, 0.1) is 5.92 Å². The van der Waals surface area contributed by atoms with E-state index in [0.29, 0.717) is 6.42 Å². The molecule has 0 saturated heterocycles. The van der Waals surface area contributed by atoms with E-state index in [4.69, 9.17) is 0 Å². The Kier molecular flexibility index (Phi) is 5.32. The van der Waals surface area contributed by atoms with E-state index in [0.717, 1.165) is 17.8 Å². The molecule has 1 aromatic carbocycles. The highest BCUT2D eigenvalue weighted by molar-refractivity contribution is 5.94. The molecule has 1 aliphatic heterocycles. The summed E-state index contributed by atoms with van der Waals surface area (Å²) in [6, 6.07) is 7.54. The van der Waals surface area contributed by atoms with E-state index in [9.17, 15) is 9.90 Å². The molecule has 0 aliphatic carbocycles. The van der Waals surface area contributed by atoms with Crippen LogP contribution in [0.25, 0.3) is 0 Å². The van der Waals surface area contributed by atoms with E-state index in [1.165, 1.54) is 5.56 Å². The molecule has 5 nitrogen and oxygen atoms in total. The Bertz CT molecular complexity index is 569. The van der Waals surface area contributed by atoms with Crippen LogP contribution in [0.1, 0.15) is 18.9 Å². The number of carbonyl (C=O) groups excluding carboxylic acids is 1. The summed E-state index contributed by atoms with van der Waals surface area (Å²) < 4.78 is 0. The van der Waals surface area contributed by atoms with Gasteiger partial charge in [0.25, 0.3) is 0 Å². The highest BCUT2D eigenvalue weighted by Gasteiger charge is 2.33. The van der Waals surface area contributed by atoms with Crippen LogP contribution in [-0.4, -0.2) is 54.9 Å². The molecule has 22 heavy (non-hydrogen) atoms. The molecule has 0 fully saturated rings. The van der Waals surface area contributed by atoms with Crippen molar-refractivity contribution < 1.29 is 9.90 Å². The zero-order chi connectivity index (χ0) is 16.3. The number of benzene rings is 1. The maximum Gasteiger partial charge on any atom is 0.239 e. The first-order valence-corrected chi connectivity index (χ1v) is 7.64. The van der Waals surface area contributed by atoms with Gasteiger partial charge in [-0.15, -0.1) is 0 Å². The standard InChI is InChI=1S/C17H25N3O2/c1-11(16(21)15(20(3)4)17(22)18-2)9-13-10-12-7-5-6-8-14(12)19-13/h5-8,11,15-16,21H,9-10H2,1-4H3,(H,18,22)/t11-,15-,16-/m1/s1. The van der Waals surface area contributed by atoms with Crippen LogP contribution in [0.3, 0.4) is 0 Å². The number of nitrogens with one attached hydrogen (secondary N) is 1. The maximum absolute atomic E-state index is 12.0. The van der Waals surface area contributed by atoms with Crippen molar-refractivity contribution in [2.24, 2.45) is 10.9 Å². The second kappa shape index (κ2) is 7.03. The fourth-order valence-electron chi connectivity index (χ4n) is 2.96. The van der Waals surface area contributed by atoms with E-state index < -0.39 is 12.1 Å². The van der Waals surface area contributed by atoms with Gasteiger partial charge in [-0.05, 0) is 38.1 Å². The lowest BCUT2D eigenvalue weighted by Crippen LogP contribution is -2.52. The Morgan fingerprint density at radius 3 is 2.68 bits per heavy atom. The molecule has 3 atom stereocenters. The van der Waals surface area contributed by atoms with E-state index in [1.54, 1.807) is 26.0 Å². The van der Waals surface area contributed by atoms with E-state index in [2.05, 4.69) is 16.4 Å². The molecular formula is C17H25N3O2. The summed E-state index contributed by atoms with van der Waals surface area (Å²) in [5.74, 6) is -0.209. The number of amides is 1. The number of aliphatic hydroxyl groups is 1. The molecule has 1 aliphatic rings. The molecule has 0 saturated carbocycles. The zero-order valence-electron chi connectivity index (χ0n) is 13.7. The summed E-state index contributed by atoms with van der Waals surface area (Å²) >= 11 is 0. The minimum atomic E-state index is -0.735. The zero-order valence-corrected chi connectivity index (χ0v) is 13.7. The Balaban J connectivity index is 2.03. The normalized spacial score (nSPS) is 17.6. The minimum Gasteiger partial charge on any atom is -0.391 e. The summed E-state index contributed by atoms with van der Waals surface area (Å²) in [5.41, 5.74) is 3.33.